The second kappa shape index (κ2) is 7.24. The molecule has 0 aliphatic carbocycles. The smallest absolute Gasteiger partial charge is 0.328 e. The molecular weight excluding hydrogens is 222 g/mol. The fourth-order valence-electron chi connectivity index (χ4n) is 2.08. The third-order valence-corrected chi connectivity index (χ3v) is 3.26. The van der Waals surface area contributed by atoms with Crippen LogP contribution in [0.5, 0.6) is 0 Å². The lowest BCUT2D eigenvalue weighted by molar-refractivity contribution is -0.151. The lowest BCUT2D eigenvalue weighted by atomic mass is 9.98. The average molecular weight is 243 g/mol. The number of amides is 1. The van der Waals surface area contributed by atoms with Crippen molar-refractivity contribution in [2.45, 2.75) is 39.0 Å². The van der Waals surface area contributed by atoms with Gasteiger partial charge in [-0.1, -0.05) is 18.9 Å². The number of likely N-dealkylation sites (tertiary alicyclic amines) is 1. The van der Waals surface area contributed by atoms with E-state index < -0.39 is 5.97 Å². The van der Waals surface area contributed by atoms with E-state index in [2.05, 4.69) is 11.8 Å². The highest BCUT2D eigenvalue weighted by Crippen LogP contribution is 2.20. The zero-order chi connectivity index (χ0) is 12.7. The molecule has 1 atom stereocenters. The maximum Gasteiger partial charge on any atom is 0.328 e. The van der Waals surface area contributed by atoms with Crippen LogP contribution < -0.4 is 11.4 Å². The van der Waals surface area contributed by atoms with E-state index in [0.717, 1.165) is 25.8 Å². The van der Waals surface area contributed by atoms with Crippen LogP contribution in [0.1, 0.15) is 39.0 Å². The Balaban J connectivity index is 2.36. The van der Waals surface area contributed by atoms with Crippen LogP contribution in [0.25, 0.3) is 0 Å². The average Bonchev–Trinajstić information content (AvgIpc) is 2.49. The van der Waals surface area contributed by atoms with E-state index in [-0.39, 0.29) is 12.3 Å². The van der Waals surface area contributed by atoms with Gasteiger partial charge in [-0.15, -0.1) is 0 Å². The van der Waals surface area contributed by atoms with Gasteiger partial charge >= 0.3 is 5.97 Å². The maximum atomic E-state index is 11.8. The summed E-state index contributed by atoms with van der Waals surface area (Å²) in [6.45, 7) is 3.30. The molecule has 0 saturated carbocycles. The number of hydrogen-bond donors (Lipinski definition) is 2. The first-order chi connectivity index (χ1) is 8.17. The number of carbonyl (C=O) groups excluding carboxylic acids is 2. The van der Waals surface area contributed by atoms with E-state index >= 15 is 0 Å². The molecule has 0 bridgehead atoms. The van der Waals surface area contributed by atoms with Gasteiger partial charge < -0.3 is 9.74 Å². The molecule has 1 unspecified atom stereocenters. The molecule has 0 spiro atoms. The lowest BCUT2D eigenvalue weighted by Gasteiger charge is -2.20. The summed E-state index contributed by atoms with van der Waals surface area (Å²) in [7, 11) is 0. The van der Waals surface area contributed by atoms with Crippen LogP contribution in [0.15, 0.2) is 0 Å². The summed E-state index contributed by atoms with van der Waals surface area (Å²) in [6.07, 6.45) is 3.85. The molecule has 1 fully saturated rings. The Labute approximate surface area is 101 Å². The van der Waals surface area contributed by atoms with Crippen LogP contribution in [-0.2, 0) is 14.4 Å². The van der Waals surface area contributed by atoms with Crippen molar-refractivity contribution >= 4 is 11.9 Å². The van der Waals surface area contributed by atoms with Crippen LogP contribution in [0.3, 0.4) is 0 Å². The Hall–Kier alpha value is -1.14. The van der Waals surface area contributed by atoms with Crippen molar-refractivity contribution in [3.8, 4) is 0 Å². The molecule has 98 valence electrons. The van der Waals surface area contributed by atoms with E-state index in [9.17, 15) is 9.59 Å². The summed E-state index contributed by atoms with van der Waals surface area (Å²) in [5, 5.41) is 0. The Morgan fingerprint density at radius 2 is 2.35 bits per heavy atom. The van der Waals surface area contributed by atoms with Gasteiger partial charge in [-0.05, 0) is 18.8 Å². The van der Waals surface area contributed by atoms with Crippen LogP contribution in [0, 0.1) is 5.92 Å². The van der Waals surface area contributed by atoms with Gasteiger partial charge in [0.05, 0.1) is 6.42 Å². The molecule has 3 N–H and O–H groups in total. The first-order valence-corrected chi connectivity index (χ1v) is 6.10. The number of carbonyl (C=O) groups is 2. The van der Waals surface area contributed by atoms with Gasteiger partial charge in [0.15, 0.2) is 0 Å². The minimum atomic E-state index is -0.448. The number of hydrogen-bond acceptors (Lipinski definition) is 5. The Morgan fingerprint density at radius 3 is 3.00 bits per heavy atom. The zero-order valence-corrected chi connectivity index (χ0v) is 10.3. The van der Waals surface area contributed by atoms with Crippen molar-refractivity contribution in [3.63, 3.8) is 0 Å². The van der Waals surface area contributed by atoms with Crippen molar-refractivity contribution in [1.82, 2.24) is 10.5 Å². The molecule has 0 aromatic heterocycles. The number of rotatable bonds is 5. The van der Waals surface area contributed by atoms with E-state index in [1.807, 2.05) is 5.59 Å². The van der Waals surface area contributed by atoms with Crippen LogP contribution >= 0.6 is 0 Å². The first kappa shape index (κ1) is 13.9. The highest BCUT2D eigenvalue weighted by molar-refractivity contribution is 5.77. The van der Waals surface area contributed by atoms with E-state index in [0.29, 0.717) is 18.9 Å². The molecule has 1 saturated heterocycles. The minimum absolute atomic E-state index is 0.134. The highest BCUT2D eigenvalue weighted by Gasteiger charge is 2.21. The van der Waals surface area contributed by atoms with Gasteiger partial charge in [0.25, 0.3) is 0 Å². The van der Waals surface area contributed by atoms with Crippen molar-refractivity contribution in [3.05, 3.63) is 0 Å². The Bertz CT molecular complexity index is 271. The van der Waals surface area contributed by atoms with Crippen molar-refractivity contribution in [1.29, 1.82) is 0 Å². The molecule has 1 aliphatic heterocycles. The fraction of sp³-hybridized carbons (Fsp3) is 0.818. The van der Waals surface area contributed by atoms with E-state index in [4.69, 9.17) is 5.84 Å². The monoisotopic (exact) mass is 243 g/mol. The Kier molecular flexibility index (Phi) is 5.93. The molecule has 17 heavy (non-hydrogen) atoms. The summed E-state index contributed by atoms with van der Waals surface area (Å²) in [5.41, 5.74) is 1.84. The molecule has 0 aromatic rings. The van der Waals surface area contributed by atoms with Crippen LogP contribution in [0.4, 0.5) is 0 Å². The van der Waals surface area contributed by atoms with Crippen molar-refractivity contribution in [2.75, 3.05) is 13.1 Å². The number of nitrogens with zero attached hydrogens (tertiary/aromatic N) is 1. The molecule has 1 heterocycles. The molecule has 1 aliphatic rings. The van der Waals surface area contributed by atoms with Crippen molar-refractivity contribution < 1.29 is 14.4 Å². The molecular formula is C11H21N3O3. The molecule has 6 nitrogen and oxygen atoms in total. The number of nitrogens with two attached hydrogens (primary N) is 1. The number of hydrazine groups is 1. The summed E-state index contributed by atoms with van der Waals surface area (Å²) < 4.78 is 0. The molecule has 0 aromatic carbocycles. The third kappa shape index (κ3) is 4.70. The topological polar surface area (TPSA) is 84.7 Å². The third-order valence-electron chi connectivity index (χ3n) is 3.26. The second-order valence-corrected chi connectivity index (χ2v) is 4.32. The van der Waals surface area contributed by atoms with E-state index in [1.54, 1.807) is 4.90 Å². The predicted molar refractivity (Wildman–Crippen MR) is 62.2 cm³/mol. The minimum Gasteiger partial charge on any atom is -0.356 e. The van der Waals surface area contributed by atoms with Gasteiger partial charge in [0.2, 0.25) is 5.91 Å². The summed E-state index contributed by atoms with van der Waals surface area (Å²) in [4.78, 5) is 29.0. The predicted octanol–water partition coefficient (Wildman–Crippen LogP) is 0.337. The van der Waals surface area contributed by atoms with Gasteiger partial charge in [0, 0.05) is 19.5 Å². The Morgan fingerprint density at radius 1 is 1.59 bits per heavy atom. The summed E-state index contributed by atoms with van der Waals surface area (Å²) >= 11 is 0. The second-order valence-electron chi connectivity index (χ2n) is 4.32. The van der Waals surface area contributed by atoms with Gasteiger partial charge in [-0.2, -0.15) is 0 Å². The van der Waals surface area contributed by atoms with E-state index in [1.165, 1.54) is 0 Å². The highest BCUT2D eigenvalue weighted by atomic mass is 16.7. The SMILES string of the molecule is CCC1CCC(=O)N(CCC(=O)ONN)CC1. The first-order valence-electron chi connectivity index (χ1n) is 6.10. The lowest BCUT2D eigenvalue weighted by Crippen LogP contribution is -2.34. The quantitative estimate of drug-likeness (QED) is 0.537. The molecule has 1 rings (SSSR count). The normalized spacial score (nSPS) is 21.2. The van der Waals surface area contributed by atoms with Crippen molar-refractivity contribution in [2.24, 2.45) is 11.8 Å². The molecule has 1 amide bonds. The molecule has 0 radical (unpaired) electrons. The standard InChI is InChI=1S/C11H21N3O3/c1-2-9-3-4-10(15)14(7-5-9)8-6-11(16)17-13-12/h9,13H,2-8,12H2,1H3. The summed E-state index contributed by atoms with van der Waals surface area (Å²) in [5.74, 6) is 5.17. The van der Waals surface area contributed by atoms with Gasteiger partial charge in [-0.3, -0.25) is 9.59 Å². The largest absolute Gasteiger partial charge is 0.356 e. The van der Waals surface area contributed by atoms with Crippen LogP contribution in [-0.4, -0.2) is 29.9 Å². The van der Waals surface area contributed by atoms with Gasteiger partial charge in [-0.25, -0.2) is 5.84 Å². The maximum absolute atomic E-state index is 11.8. The van der Waals surface area contributed by atoms with Gasteiger partial charge in [0.1, 0.15) is 0 Å². The fourth-order valence-corrected chi connectivity index (χ4v) is 2.08. The summed E-state index contributed by atoms with van der Waals surface area (Å²) in [6, 6.07) is 0. The molecule has 6 heteroatoms. The zero-order valence-electron chi connectivity index (χ0n) is 10.3. The number of nitrogens with one attached hydrogen (secondary N) is 1. The van der Waals surface area contributed by atoms with Crippen LogP contribution in [0.2, 0.25) is 0 Å².